The van der Waals surface area contributed by atoms with Crippen molar-refractivity contribution in [3.8, 4) is 0 Å². The van der Waals surface area contributed by atoms with E-state index in [-0.39, 0.29) is 28.6 Å². The molecule has 3 rings (SSSR count). The van der Waals surface area contributed by atoms with Crippen LogP contribution in [0.3, 0.4) is 0 Å². The number of amides is 1. The van der Waals surface area contributed by atoms with Gasteiger partial charge in [-0.2, -0.15) is 0 Å². The number of hydrogen-bond donors (Lipinski definition) is 3. The van der Waals surface area contributed by atoms with Gasteiger partial charge >= 0.3 is 0 Å². The standard InChI is InChI=1S/C13H16ClN3O5S/c1-23(20,21)17-10-9(7-2-3-22-11(7)10)16-12(18)6-4-8(14)13(19)15-5-6/h4-5,7,9-11,17H,2-3H2,1H3,(H,15,19)(H,16,18)/t7-,9+,10-,11-/m1/s1. The van der Waals surface area contributed by atoms with Crippen molar-refractivity contribution < 1.29 is 17.9 Å². The molecular formula is C13H16ClN3O5S. The summed E-state index contributed by atoms with van der Waals surface area (Å²) in [4.78, 5) is 25.9. The largest absolute Gasteiger partial charge is 0.376 e. The minimum absolute atomic E-state index is 0.0661. The van der Waals surface area contributed by atoms with Gasteiger partial charge in [-0.15, -0.1) is 0 Å². The molecule has 10 heteroatoms. The van der Waals surface area contributed by atoms with Crippen LogP contribution in [0.1, 0.15) is 16.8 Å². The molecule has 4 atom stereocenters. The molecule has 0 unspecified atom stereocenters. The first-order valence-corrected chi connectivity index (χ1v) is 9.31. The zero-order valence-corrected chi connectivity index (χ0v) is 13.8. The van der Waals surface area contributed by atoms with Gasteiger partial charge in [0.25, 0.3) is 11.5 Å². The molecule has 23 heavy (non-hydrogen) atoms. The summed E-state index contributed by atoms with van der Waals surface area (Å²) in [6.07, 6.45) is 2.86. The van der Waals surface area contributed by atoms with Crippen molar-refractivity contribution in [2.75, 3.05) is 12.9 Å². The molecule has 0 bridgehead atoms. The van der Waals surface area contributed by atoms with Gasteiger partial charge in [-0.1, -0.05) is 11.6 Å². The highest BCUT2D eigenvalue weighted by molar-refractivity contribution is 7.88. The quantitative estimate of drug-likeness (QED) is 0.666. The number of aromatic nitrogens is 1. The monoisotopic (exact) mass is 361 g/mol. The van der Waals surface area contributed by atoms with Crippen molar-refractivity contribution in [2.45, 2.75) is 24.6 Å². The van der Waals surface area contributed by atoms with Crippen molar-refractivity contribution in [1.82, 2.24) is 15.0 Å². The van der Waals surface area contributed by atoms with Gasteiger partial charge in [0, 0.05) is 18.7 Å². The fourth-order valence-electron chi connectivity index (χ4n) is 3.11. The smallest absolute Gasteiger partial charge is 0.266 e. The normalized spacial score (nSPS) is 29.7. The molecule has 1 aliphatic heterocycles. The lowest BCUT2D eigenvalue weighted by Gasteiger charge is -2.47. The molecule has 8 nitrogen and oxygen atoms in total. The van der Waals surface area contributed by atoms with Crippen LogP contribution in [-0.2, 0) is 14.8 Å². The van der Waals surface area contributed by atoms with Crippen molar-refractivity contribution in [3.63, 3.8) is 0 Å². The minimum atomic E-state index is -3.42. The Balaban J connectivity index is 1.75. The number of pyridine rings is 1. The van der Waals surface area contributed by atoms with E-state index >= 15 is 0 Å². The molecule has 1 aliphatic carbocycles. The van der Waals surface area contributed by atoms with Crippen LogP contribution in [0.15, 0.2) is 17.1 Å². The summed E-state index contributed by atoms with van der Waals surface area (Å²) >= 11 is 5.71. The van der Waals surface area contributed by atoms with Crippen LogP contribution >= 0.6 is 11.6 Å². The van der Waals surface area contributed by atoms with E-state index in [4.69, 9.17) is 16.3 Å². The van der Waals surface area contributed by atoms with Gasteiger partial charge < -0.3 is 15.0 Å². The lowest BCUT2D eigenvalue weighted by atomic mass is 9.72. The first-order valence-electron chi connectivity index (χ1n) is 7.04. The number of carbonyl (C=O) groups excluding carboxylic acids is 1. The lowest BCUT2D eigenvalue weighted by Crippen LogP contribution is -2.70. The number of H-pyrrole nitrogens is 1. The molecule has 0 aromatic carbocycles. The topological polar surface area (TPSA) is 117 Å². The maximum absolute atomic E-state index is 12.3. The molecular weight excluding hydrogens is 346 g/mol. The Bertz CT molecular complexity index is 793. The molecule has 1 saturated carbocycles. The lowest BCUT2D eigenvalue weighted by molar-refractivity contribution is -0.0194. The number of halogens is 1. The van der Waals surface area contributed by atoms with E-state index in [1.165, 1.54) is 12.3 Å². The summed E-state index contributed by atoms with van der Waals surface area (Å²) in [5.41, 5.74) is -0.275. The maximum atomic E-state index is 12.3. The predicted octanol–water partition coefficient (Wildman–Crippen LogP) is -0.537. The second-order valence-electron chi connectivity index (χ2n) is 5.77. The number of rotatable bonds is 4. The first kappa shape index (κ1) is 16.4. The summed E-state index contributed by atoms with van der Waals surface area (Å²) in [7, 11) is -3.42. The van der Waals surface area contributed by atoms with Crippen LogP contribution in [0.5, 0.6) is 0 Å². The predicted molar refractivity (Wildman–Crippen MR) is 82.9 cm³/mol. The molecule has 0 radical (unpaired) electrons. The summed E-state index contributed by atoms with van der Waals surface area (Å²) < 4.78 is 31.0. The first-order chi connectivity index (χ1) is 10.8. The van der Waals surface area contributed by atoms with Crippen LogP contribution in [0.25, 0.3) is 0 Å². The number of hydrogen-bond acceptors (Lipinski definition) is 5. The van der Waals surface area contributed by atoms with Crippen LogP contribution in [0.4, 0.5) is 0 Å². The number of carbonyl (C=O) groups is 1. The van der Waals surface area contributed by atoms with Gasteiger partial charge in [-0.3, -0.25) is 9.59 Å². The minimum Gasteiger partial charge on any atom is -0.376 e. The average Bonchev–Trinajstić information content (AvgIpc) is 2.89. The fraction of sp³-hybridized carbons (Fsp3) is 0.538. The van der Waals surface area contributed by atoms with Gasteiger partial charge in [-0.25, -0.2) is 13.1 Å². The fourth-order valence-corrected chi connectivity index (χ4v) is 4.06. The van der Waals surface area contributed by atoms with Gasteiger partial charge in [-0.05, 0) is 12.5 Å². The van der Waals surface area contributed by atoms with Gasteiger partial charge in [0.2, 0.25) is 10.0 Å². The van der Waals surface area contributed by atoms with E-state index in [1.807, 2.05) is 0 Å². The number of sulfonamides is 1. The Morgan fingerprint density at radius 3 is 2.83 bits per heavy atom. The molecule has 1 amide bonds. The van der Waals surface area contributed by atoms with Crippen molar-refractivity contribution in [2.24, 2.45) is 5.92 Å². The third-order valence-electron chi connectivity index (χ3n) is 4.15. The molecule has 1 saturated heterocycles. The second kappa shape index (κ2) is 5.90. The molecule has 126 valence electrons. The Morgan fingerprint density at radius 1 is 1.43 bits per heavy atom. The van der Waals surface area contributed by atoms with E-state index in [2.05, 4.69) is 15.0 Å². The number of nitrogens with one attached hydrogen (secondary N) is 3. The van der Waals surface area contributed by atoms with Gasteiger partial charge in [0.15, 0.2) is 0 Å². The number of fused-ring (bicyclic) bond motifs is 1. The second-order valence-corrected chi connectivity index (χ2v) is 7.96. The zero-order valence-electron chi connectivity index (χ0n) is 12.2. The maximum Gasteiger partial charge on any atom is 0.266 e. The third kappa shape index (κ3) is 3.27. The number of aromatic amines is 1. The SMILES string of the molecule is CS(=O)(=O)N[C@@H]1[C@@H](NC(=O)c2c[nH]c(=O)c(Cl)c2)[C@H]2CCO[C@H]21. The Kier molecular flexibility index (Phi) is 4.21. The average molecular weight is 362 g/mol. The van der Waals surface area contributed by atoms with E-state index in [0.717, 1.165) is 12.7 Å². The van der Waals surface area contributed by atoms with Gasteiger partial charge in [0.05, 0.1) is 30.0 Å². The van der Waals surface area contributed by atoms with E-state index in [0.29, 0.717) is 6.61 Å². The van der Waals surface area contributed by atoms with Crippen LogP contribution < -0.4 is 15.6 Å². The highest BCUT2D eigenvalue weighted by Gasteiger charge is 2.55. The summed E-state index contributed by atoms with van der Waals surface area (Å²) in [5, 5.41) is 2.71. The number of ether oxygens (including phenoxy) is 1. The molecule has 3 N–H and O–H groups in total. The van der Waals surface area contributed by atoms with Crippen molar-refractivity contribution in [3.05, 3.63) is 33.2 Å². The van der Waals surface area contributed by atoms with Crippen LogP contribution in [0.2, 0.25) is 5.02 Å². The third-order valence-corrected chi connectivity index (χ3v) is 5.13. The van der Waals surface area contributed by atoms with E-state index < -0.39 is 27.5 Å². The Hall–Kier alpha value is -1.42. The van der Waals surface area contributed by atoms with Crippen molar-refractivity contribution >= 4 is 27.5 Å². The summed E-state index contributed by atoms with van der Waals surface area (Å²) in [5.74, 6) is -0.366. The molecule has 2 aliphatic rings. The molecule has 0 spiro atoms. The molecule has 2 heterocycles. The molecule has 1 aromatic heterocycles. The Labute approximate surface area is 137 Å². The zero-order chi connectivity index (χ0) is 16.8. The molecule has 1 aromatic rings. The highest BCUT2D eigenvalue weighted by atomic mass is 35.5. The summed E-state index contributed by atoms with van der Waals surface area (Å²) in [6, 6.07) is 0.408. The summed E-state index contributed by atoms with van der Waals surface area (Å²) in [6.45, 7) is 0.536. The Morgan fingerprint density at radius 2 is 2.17 bits per heavy atom. The van der Waals surface area contributed by atoms with Crippen LogP contribution in [-0.4, -0.2) is 50.4 Å². The van der Waals surface area contributed by atoms with Crippen LogP contribution in [0, 0.1) is 5.92 Å². The van der Waals surface area contributed by atoms with E-state index in [1.54, 1.807) is 0 Å². The van der Waals surface area contributed by atoms with Gasteiger partial charge in [0.1, 0.15) is 5.02 Å². The van der Waals surface area contributed by atoms with Crippen molar-refractivity contribution in [1.29, 1.82) is 0 Å². The molecule has 2 fully saturated rings. The van der Waals surface area contributed by atoms with E-state index in [9.17, 15) is 18.0 Å². The highest BCUT2D eigenvalue weighted by Crippen LogP contribution is 2.39.